The van der Waals surface area contributed by atoms with E-state index in [0.29, 0.717) is 19.8 Å². The highest BCUT2D eigenvalue weighted by atomic mass is 16.6. The Bertz CT molecular complexity index is 492. The van der Waals surface area contributed by atoms with Crippen LogP contribution >= 0.6 is 0 Å². The maximum Gasteiger partial charge on any atom is 0.342 e. The standard InChI is InChI=1S/C12H16N2O7/c1-19-3-2-4-20-5-6-21-11-7-9(12(15)16)10(8-13-11)14(17)18/h7-8H,2-6H2,1H3,(H,15,16). The summed E-state index contributed by atoms with van der Waals surface area (Å²) in [5.74, 6) is -1.41. The Balaban J connectivity index is 2.47. The van der Waals surface area contributed by atoms with Crippen molar-refractivity contribution in [3.63, 3.8) is 0 Å². The molecule has 0 saturated carbocycles. The molecule has 0 atom stereocenters. The molecule has 0 saturated heterocycles. The first-order chi connectivity index (χ1) is 10.1. The molecule has 116 valence electrons. The Morgan fingerprint density at radius 1 is 1.38 bits per heavy atom. The van der Waals surface area contributed by atoms with E-state index in [1.54, 1.807) is 7.11 Å². The summed E-state index contributed by atoms with van der Waals surface area (Å²) in [7, 11) is 1.60. The molecule has 0 bridgehead atoms. The van der Waals surface area contributed by atoms with Gasteiger partial charge in [-0.2, -0.15) is 0 Å². The SMILES string of the molecule is COCCCOCCOc1cc(C(=O)O)c([N+](=O)[O-])cn1. The van der Waals surface area contributed by atoms with E-state index >= 15 is 0 Å². The summed E-state index contributed by atoms with van der Waals surface area (Å²) in [5.41, 5.74) is -1.04. The van der Waals surface area contributed by atoms with E-state index in [9.17, 15) is 14.9 Å². The van der Waals surface area contributed by atoms with Gasteiger partial charge >= 0.3 is 11.7 Å². The monoisotopic (exact) mass is 300 g/mol. The fourth-order valence-electron chi connectivity index (χ4n) is 1.44. The van der Waals surface area contributed by atoms with E-state index in [2.05, 4.69) is 4.98 Å². The van der Waals surface area contributed by atoms with Crippen molar-refractivity contribution in [1.82, 2.24) is 4.98 Å². The topological polar surface area (TPSA) is 121 Å². The van der Waals surface area contributed by atoms with Gasteiger partial charge in [-0.05, 0) is 6.42 Å². The number of carbonyl (C=O) groups is 1. The molecule has 21 heavy (non-hydrogen) atoms. The summed E-state index contributed by atoms with van der Waals surface area (Å²) in [6.45, 7) is 1.58. The summed E-state index contributed by atoms with van der Waals surface area (Å²) >= 11 is 0. The predicted molar refractivity (Wildman–Crippen MR) is 70.7 cm³/mol. The van der Waals surface area contributed by atoms with Gasteiger partial charge in [-0.15, -0.1) is 0 Å². The van der Waals surface area contributed by atoms with E-state index in [0.717, 1.165) is 18.7 Å². The van der Waals surface area contributed by atoms with Gasteiger partial charge in [0, 0.05) is 26.4 Å². The zero-order chi connectivity index (χ0) is 15.7. The van der Waals surface area contributed by atoms with Gasteiger partial charge in [-0.25, -0.2) is 9.78 Å². The van der Waals surface area contributed by atoms with Gasteiger partial charge in [-0.3, -0.25) is 10.1 Å². The fraction of sp³-hybridized carbons (Fsp3) is 0.500. The van der Waals surface area contributed by atoms with Crippen molar-refractivity contribution < 1.29 is 29.0 Å². The number of nitrogens with zero attached hydrogens (tertiary/aromatic N) is 2. The highest BCUT2D eigenvalue weighted by molar-refractivity contribution is 5.92. The lowest BCUT2D eigenvalue weighted by Crippen LogP contribution is -2.10. The second kappa shape index (κ2) is 8.82. The molecule has 0 spiro atoms. The van der Waals surface area contributed by atoms with Crippen molar-refractivity contribution >= 4 is 11.7 Å². The van der Waals surface area contributed by atoms with Crippen LogP contribution in [0.2, 0.25) is 0 Å². The summed E-state index contributed by atoms with van der Waals surface area (Å²) in [6.07, 6.45) is 1.62. The van der Waals surface area contributed by atoms with Crippen molar-refractivity contribution in [3.05, 3.63) is 27.9 Å². The Morgan fingerprint density at radius 2 is 2.14 bits per heavy atom. The molecule has 1 aromatic rings. The minimum absolute atomic E-state index is 0.00140. The maximum atomic E-state index is 10.9. The number of methoxy groups -OCH3 is 1. The molecule has 0 aliphatic heterocycles. The molecule has 9 heteroatoms. The smallest absolute Gasteiger partial charge is 0.342 e. The fourth-order valence-corrected chi connectivity index (χ4v) is 1.44. The Hall–Kier alpha value is -2.26. The van der Waals surface area contributed by atoms with Crippen LogP contribution in [0.4, 0.5) is 5.69 Å². The van der Waals surface area contributed by atoms with Gasteiger partial charge in [0.05, 0.1) is 11.5 Å². The molecule has 0 radical (unpaired) electrons. The molecule has 0 aliphatic rings. The van der Waals surface area contributed by atoms with Crippen LogP contribution in [0, 0.1) is 10.1 Å². The second-order valence-electron chi connectivity index (χ2n) is 3.91. The van der Waals surface area contributed by atoms with Gasteiger partial charge in [0.15, 0.2) is 0 Å². The number of nitro groups is 1. The number of pyridine rings is 1. The lowest BCUT2D eigenvalue weighted by molar-refractivity contribution is -0.385. The normalized spacial score (nSPS) is 10.3. The quantitative estimate of drug-likeness (QED) is 0.387. The van der Waals surface area contributed by atoms with Gasteiger partial charge in [-0.1, -0.05) is 0 Å². The van der Waals surface area contributed by atoms with Gasteiger partial charge < -0.3 is 19.3 Å². The number of ether oxygens (including phenoxy) is 3. The third kappa shape index (κ3) is 5.71. The van der Waals surface area contributed by atoms with Crippen molar-refractivity contribution in [3.8, 4) is 5.88 Å². The van der Waals surface area contributed by atoms with Crippen LogP contribution in [0.15, 0.2) is 12.3 Å². The highest BCUT2D eigenvalue weighted by Crippen LogP contribution is 2.21. The van der Waals surface area contributed by atoms with Gasteiger partial charge in [0.1, 0.15) is 18.4 Å². The maximum absolute atomic E-state index is 10.9. The average molecular weight is 300 g/mol. The van der Waals surface area contributed by atoms with Crippen LogP contribution in [0.25, 0.3) is 0 Å². The molecule has 9 nitrogen and oxygen atoms in total. The number of carboxylic acid groups (broad SMARTS) is 1. The molecule has 0 aliphatic carbocycles. The third-order valence-electron chi connectivity index (χ3n) is 2.40. The molecule has 0 amide bonds. The van der Waals surface area contributed by atoms with Crippen molar-refractivity contribution in [2.75, 3.05) is 33.5 Å². The van der Waals surface area contributed by atoms with Crippen LogP contribution in [-0.4, -0.2) is 54.5 Å². The molecule has 0 fully saturated rings. The summed E-state index contributed by atoms with van der Waals surface area (Å²) < 4.78 is 15.3. The molecule has 1 aromatic heterocycles. The van der Waals surface area contributed by atoms with E-state index in [1.165, 1.54) is 0 Å². The van der Waals surface area contributed by atoms with E-state index in [4.69, 9.17) is 19.3 Å². The van der Waals surface area contributed by atoms with Crippen LogP contribution in [-0.2, 0) is 9.47 Å². The average Bonchev–Trinajstić information content (AvgIpc) is 2.46. The molecule has 1 heterocycles. The summed E-state index contributed by atoms with van der Waals surface area (Å²) in [5, 5.41) is 19.6. The van der Waals surface area contributed by atoms with Crippen molar-refractivity contribution in [1.29, 1.82) is 0 Å². The Labute approximate surface area is 120 Å². The van der Waals surface area contributed by atoms with E-state index < -0.39 is 22.1 Å². The minimum Gasteiger partial charge on any atom is -0.477 e. The number of aromatic carboxylic acids is 1. The minimum atomic E-state index is -1.41. The lowest BCUT2D eigenvalue weighted by atomic mass is 10.2. The van der Waals surface area contributed by atoms with E-state index in [-0.39, 0.29) is 12.5 Å². The number of hydrogen-bond donors (Lipinski definition) is 1. The van der Waals surface area contributed by atoms with Crippen LogP contribution in [0.5, 0.6) is 5.88 Å². The summed E-state index contributed by atoms with van der Waals surface area (Å²) in [4.78, 5) is 24.5. The number of aromatic nitrogens is 1. The predicted octanol–water partition coefficient (Wildman–Crippen LogP) is 1.12. The Morgan fingerprint density at radius 3 is 2.76 bits per heavy atom. The molecule has 0 aromatic carbocycles. The molecule has 0 unspecified atom stereocenters. The first kappa shape index (κ1) is 16.8. The zero-order valence-corrected chi connectivity index (χ0v) is 11.5. The number of carboxylic acids is 1. The third-order valence-corrected chi connectivity index (χ3v) is 2.40. The van der Waals surface area contributed by atoms with Crippen LogP contribution < -0.4 is 4.74 Å². The van der Waals surface area contributed by atoms with Crippen LogP contribution in [0.3, 0.4) is 0 Å². The molecule has 1 N–H and O–H groups in total. The number of rotatable bonds is 10. The second-order valence-corrected chi connectivity index (χ2v) is 3.91. The number of hydrogen-bond acceptors (Lipinski definition) is 7. The van der Waals surface area contributed by atoms with Crippen molar-refractivity contribution in [2.45, 2.75) is 6.42 Å². The molecular weight excluding hydrogens is 284 g/mol. The zero-order valence-electron chi connectivity index (χ0n) is 11.5. The van der Waals surface area contributed by atoms with Crippen LogP contribution in [0.1, 0.15) is 16.8 Å². The first-order valence-electron chi connectivity index (χ1n) is 6.13. The van der Waals surface area contributed by atoms with Gasteiger partial charge in [0.25, 0.3) is 0 Å². The van der Waals surface area contributed by atoms with Gasteiger partial charge in [0.2, 0.25) is 5.88 Å². The van der Waals surface area contributed by atoms with E-state index in [1.807, 2.05) is 0 Å². The first-order valence-corrected chi connectivity index (χ1v) is 6.13. The Kier molecular flexibility index (Phi) is 7.05. The molecule has 1 rings (SSSR count). The molecular formula is C12H16N2O7. The summed E-state index contributed by atoms with van der Waals surface area (Å²) in [6, 6.07) is 1.02. The lowest BCUT2D eigenvalue weighted by Gasteiger charge is -2.07. The van der Waals surface area contributed by atoms with Crippen molar-refractivity contribution in [2.24, 2.45) is 0 Å². The highest BCUT2D eigenvalue weighted by Gasteiger charge is 2.21. The largest absolute Gasteiger partial charge is 0.477 e.